The van der Waals surface area contributed by atoms with E-state index in [1.165, 1.54) is 5.56 Å². The normalized spacial score (nSPS) is 10.8. The number of rotatable bonds is 2. The topological polar surface area (TPSA) is 38.9 Å². The van der Waals surface area contributed by atoms with Crippen molar-refractivity contribution in [2.45, 2.75) is 26.7 Å². The van der Waals surface area contributed by atoms with E-state index in [4.69, 9.17) is 16.1 Å². The molecule has 0 bridgehead atoms. The SMILES string of the molecule is Cc1cc(C)c(-c2noc(CCl)n2)c(C)c1. The average molecular weight is 237 g/mol. The zero-order chi connectivity index (χ0) is 11.7. The van der Waals surface area contributed by atoms with Gasteiger partial charge < -0.3 is 4.52 Å². The Kier molecular flexibility index (Phi) is 2.97. The quantitative estimate of drug-likeness (QED) is 0.751. The van der Waals surface area contributed by atoms with Crippen molar-refractivity contribution in [2.24, 2.45) is 0 Å². The maximum Gasteiger partial charge on any atom is 0.241 e. The lowest BCUT2D eigenvalue weighted by molar-refractivity contribution is 0.391. The minimum absolute atomic E-state index is 0.247. The van der Waals surface area contributed by atoms with Gasteiger partial charge in [-0.05, 0) is 31.9 Å². The van der Waals surface area contributed by atoms with Crippen LogP contribution in [0.1, 0.15) is 22.6 Å². The van der Waals surface area contributed by atoms with Crippen molar-refractivity contribution in [3.05, 3.63) is 34.7 Å². The lowest BCUT2D eigenvalue weighted by Gasteiger charge is -2.06. The average Bonchev–Trinajstić information content (AvgIpc) is 2.64. The van der Waals surface area contributed by atoms with Crippen molar-refractivity contribution in [3.8, 4) is 11.4 Å². The van der Waals surface area contributed by atoms with Gasteiger partial charge in [0.25, 0.3) is 0 Å². The van der Waals surface area contributed by atoms with Gasteiger partial charge in [0.2, 0.25) is 11.7 Å². The summed E-state index contributed by atoms with van der Waals surface area (Å²) in [6.45, 7) is 6.17. The van der Waals surface area contributed by atoms with Crippen LogP contribution in [0, 0.1) is 20.8 Å². The highest BCUT2D eigenvalue weighted by molar-refractivity contribution is 6.16. The van der Waals surface area contributed by atoms with Gasteiger partial charge in [-0.25, -0.2) is 0 Å². The molecule has 1 aromatic heterocycles. The monoisotopic (exact) mass is 236 g/mol. The fourth-order valence-corrected chi connectivity index (χ4v) is 2.05. The van der Waals surface area contributed by atoms with E-state index in [2.05, 4.69) is 29.2 Å². The maximum absolute atomic E-state index is 5.64. The molecule has 0 saturated carbocycles. The van der Waals surface area contributed by atoms with Crippen LogP contribution in [0.5, 0.6) is 0 Å². The highest BCUT2D eigenvalue weighted by atomic mass is 35.5. The largest absolute Gasteiger partial charge is 0.338 e. The number of hydrogen-bond acceptors (Lipinski definition) is 3. The molecule has 0 amide bonds. The molecule has 0 saturated heterocycles. The van der Waals surface area contributed by atoms with E-state index in [-0.39, 0.29) is 5.88 Å². The Morgan fingerprint density at radius 3 is 2.31 bits per heavy atom. The molecular weight excluding hydrogens is 224 g/mol. The Morgan fingerprint density at radius 2 is 1.81 bits per heavy atom. The number of hydrogen-bond donors (Lipinski definition) is 0. The third-order valence-corrected chi connectivity index (χ3v) is 2.71. The summed E-state index contributed by atoms with van der Waals surface area (Å²) in [6, 6.07) is 4.22. The first-order valence-electron chi connectivity index (χ1n) is 5.08. The Morgan fingerprint density at radius 1 is 1.19 bits per heavy atom. The van der Waals surface area contributed by atoms with E-state index >= 15 is 0 Å². The minimum atomic E-state index is 0.247. The smallest absolute Gasteiger partial charge is 0.241 e. The molecule has 0 atom stereocenters. The van der Waals surface area contributed by atoms with Crippen LogP contribution in [0.25, 0.3) is 11.4 Å². The number of aryl methyl sites for hydroxylation is 3. The van der Waals surface area contributed by atoms with E-state index in [1.54, 1.807) is 0 Å². The second kappa shape index (κ2) is 4.26. The first kappa shape index (κ1) is 11.1. The van der Waals surface area contributed by atoms with Gasteiger partial charge in [-0.1, -0.05) is 22.9 Å². The molecule has 0 aliphatic carbocycles. The van der Waals surface area contributed by atoms with Gasteiger partial charge in [-0.3, -0.25) is 0 Å². The zero-order valence-electron chi connectivity index (χ0n) is 9.54. The molecule has 2 aromatic rings. The third kappa shape index (κ3) is 1.95. The molecule has 2 rings (SSSR count). The van der Waals surface area contributed by atoms with Crippen LogP contribution in [0.3, 0.4) is 0 Å². The van der Waals surface area contributed by atoms with Gasteiger partial charge in [0.1, 0.15) is 5.88 Å². The summed E-state index contributed by atoms with van der Waals surface area (Å²) < 4.78 is 5.02. The molecule has 1 heterocycles. The Labute approximate surface area is 99.4 Å². The summed E-state index contributed by atoms with van der Waals surface area (Å²) in [5.74, 6) is 1.32. The van der Waals surface area contributed by atoms with E-state index in [0.717, 1.165) is 16.7 Å². The molecule has 1 aromatic carbocycles. The molecule has 0 unspecified atom stereocenters. The second-order valence-corrected chi connectivity index (χ2v) is 4.19. The Hall–Kier alpha value is -1.35. The predicted octanol–water partition coefficient (Wildman–Crippen LogP) is 3.40. The standard InChI is InChI=1S/C12H13ClN2O/c1-7-4-8(2)11(9(3)5-7)12-14-10(6-13)16-15-12/h4-5H,6H2,1-3H3. The predicted molar refractivity (Wildman–Crippen MR) is 63.5 cm³/mol. The van der Waals surface area contributed by atoms with Gasteiger partial charge in [0, 0.05) is 5.56 Å². The highest BCUT2D eigenvalue weighted by Gasteiger charge is 2.13. The number of benzene rings is 1. The summed E-state index contributed by atoms with van der Waals surface area (Å²) in [6.07, 6.45) is 0. The number of alkyl halides is 1. The Bertz CT molecular complexity index is 496. The van der Waals surface area contributed by atoms with Gasteiger partial charge in [0.05, 0.1) is 0 Å². The molecule has 0 radical (unpaired) electrons. The van der Waals surface area contributed by atoms with Crippen molar-refractivity contribution >= 4 is 11.6 Å². The zero-order valence-corrected chi connectivity index (χ0v) is 10.3. The highest BCUT2D eigenvalue weighted by Crippen LogP contribution is 2.26. The van der Waals surface area contributed by atoms with E-state index < -0.39 is 0 Å². The van der Waals surface area contributed by atoms with Crippen molar-refractivity contribution in [1.82, 2.24) is 10.1 Å². The van der Waals surface area contributed by atoms with Crippen LogP contribution in [-0.4, -0.2) is 10.1 Å². The van der Waals surface area contributed by atoms with E-state index in [9.17, 15) is 0 Å². The van der Waals surface area contributed by atoms with Gasteiger partial charge in [-0.2, -0.15) is 4.98 Å². The van der Waals surface area contributed by atoms with Gasteiger partial charge in [0.15, 0.2) is 0 Å². The molecule has 4 heteroatoms. The van der Waals surface area contributed by atoms with Crippen LogP contribution >= 0.6 is 11.6 Å². The molecule has 0 spiro atoms. The Balaban J connectivity index is 2.55. The fourth-order valence-electron chi connectivity index (χ4n) is 1.94. The summed E-state index contributed by atoms with van der Waals surface area (Å²) in [5.41, 5.74) is 4.57. The molecular formula is C12H13ClN2O. The van der Waals surface area contributed by atoms with Gasteiger partial charge in [-0.15, -0.1) is 11.6 Å². The summed E-state index contributed by atoms with van der Waals surface area (Å²) >= 11 is 5.64. The lowest BCUT2D eigenvalue weighted by atomic mass is 9.99. The summed E-state index contributed by atoms with van der Waals surface area (Å²) in [7, 11) is 0. The fraction of sp³-hybridized carbons (Fsp3) is 0.333. The van der Waals surface area contributed by atoms with Crippen molar-refractivity contribution < 1.29 is 4.52 Å². The molecule has 3 nitrogen and oxygen atoms in total. The second-order valence-electron chi connectivity index (χ2n) is 3.92. The summed E-state index contributed by atoms with van der Waals surface area (Å²) in [5, 5.41) is 3.94. The third-order valence-electron chi connectivity index (χ3n) is 2.48. The first-order chi connectivity index (χ1) is 7.61. The van der Waals surface area contributed by atoms with Crippen LogP contribution in [0.15, 0.2) is 16.7 Å². The molecule has 0 aliphatic heterocycles. The lowest BCUT2D eigenvalue weighted by Crippen LogP contribution is -1.91. The minimum Gasteiger partial charge on any atom is -0.338 e. The van der Waals surface area contributed by atoms with Crippen molar-refractivity contribution in [1.29, 1.82) is 0 Å². The van der Waals surface area contributed by atoms with Crippen LogP contribution < -0.4 is 0 Å². The first-order valence-corrected chi connectivity index (χ1v) is 5.62. The van der Waals surface area contributed by atoms with Crippen molar-refractivity contribution in [2.75, 3.05) is 0 Å². The molecule has 16 heavy (non-hydrogen) atoms. The van der Waals surface area contributed by atoms with Crippen LogP contribution in [-0.2, 0) is 5.88 Å². The number of aromatic nitrogens is 2. The summed E-state index contributed by atoms with van der Waals surface area (Å²) in [4.78, 5) is 4.24. The molecule has 0 N–H and O–H groups in total. The molecule has 84 valence electrons. The van der Waals surface area contributed by atoms with Crippen LogP contribution in [0.4, 0.5) is 0 Å². The van der Waals surface area contributed by atoms with E-state index in [0.29, 0.717) is 11.7 Å². The van der Waals surface area contributed by atoms with E-state index in [1.807, 2.05) is 13.8 Å². The van der Waals surface area contributed by atoms with Crippen LogP contribution in [0.2, 0.25) is 0 Å². The molecule has 0 fully saturated rings. The van der Waals surface area contributed by atoms with Gasteiger partial charge >= 0.3 is 0 Å². The number of halogens is 1. The molecule has 0 aliphatic rings. The maximum atomic E-state index is 5.64. The number of nitrogens with zero attached hydrogens (tertiary/aromatic N) is 2. The van der Waals surface area contributed by atoms with Crippen molar-refractivity contribution in [3.63, 3.8) is 0 Å².